The Morgan fingerprint density at radius 3 is 2.42 bits per heavy atom. The maximum atomic E-state index is 14.1. The van der Waals surface area contributed by atoms with Crippen LogP contribution in [0.5, 0.6) is 11.5 Å². The standard InChI is InChI=1S/C29H27N5O5S/c1-17-7-10-20(11-8-17)25(28(36)32-14-18-5-3-2-4-6-18)34(15-19-9-12-21-22(13-19)39-16-38-21)29(37)26-23(30)24(27(31)35)33-40-26/h2-13,25H,14-16,30H2,1H3,(H2,31,35)(H,32,36)/t25-/m0/s1. The van der Waals surface area contributed by atoms with Gasteiger partial charge in [-0.05, 0) is 47.3 Å². The van der Waals surface area contributed by atoms with Crippen molar-refractivity contribution in [1.29, 1.82) is 0 Å². The van der Waals surface area contributed by atoms with Crippen molar-refractivity contribution < 1.29 is 23.9 Å². The van der Waals surface area contributed by atoms with E-state index in [0.717, 1.165) is 22.7 Å². The van der Waals surface area contributed by atoms with E-state index in [2.05, 4.69) is 9.69 Å². The minimum Gasteiger partial charge on any atom is -0.454 e. The number of nitrogen functional groups attached to an aromatic ring is 1. The van der Waals surface area contributed by atoms with Crippen molar-refractivity contribution in [3.05, 3.63) is 106 Å². The van der Waals surface area contributed by atoms with Crippen LogP contribution in [-0.4, -0.2) is 33.8 Å². The highest BCUT2D eigenvalue weighted by Crippen LogP contribution is 2.35. The number of aromatic nitrogens is 1. The summed E-state index contributed by atoms with van der Waals surface area (Å²) in [4.78, 5) is 41.3. The number of anilines is 1. The van der Waals surface area contributed by atoms with Gasteiger partial charge in [-0.2, -0.15) is 4.37 Å². The molecule has 204 valence electrons. The van der Waals surface area contributed by atoms with Gasteiger partial charge in [-0.1, -0.05) is 66.2 Å². The largest absolute Gasteiger partial charge is 0.454 e. The number of rotatable bonds is 9. The zero-order valence-corrected chi connectivity index (χ0v) is 22.4. The average Bonchev–Trinajstić information content (AvgIpc) is 3.59. The number of aryl methyl sites for hydroxylation is 1. The molecule has 2 heterocycles. The molecule has 0 saturated heterocycles. The van der Waals surface area contributed by atoms with E-state index >= 15 is 0 Å². The van der Waals surface area contributed by atoms with Gasteiger partial charge in [0.2, 0.25) is 12.7 Å². The number of carbonyl (C=O) groups is 3. The van der Waals surface area contributed by atoms with E-state index in [1.54, 1.807) is 18.2 Å². The second-order valence-electron chi connectivity index (χ2n) is 9.28. The number of nitrogens with two attached hydrogens (primary N) is 2. The van der Waals surface area contributed by atoms with E-state index in [1.807, 2.05) is 61.5 Å². The maximum absolute atomic E-state index is 14.1. The molecular weight excluding hydrogens is 530 g/mol. The summed E-state index contributed by atoms with van der Waals surface area (Å²) >= 11 is 0.765. The fourth-order valence-corrected chi connectivity index (χ4v) is 5.14. The third-order valence-electron chi connectivity index (χ3n) is 6.47. The molecule has 1 aromatic heterocycles. The first-order valence-electron chi connectivity index (χ1n) is 12.4. The number of primary amides is 1. The van der Waals surface area contributed by atoms with Gasteiger partial charge in [0.1, 0.15) is 10.9 Å². The summed E-state index contributed by atoms with van der Waals surface area (Å²) in [6.45, 7) is 2.33. The first kappa shape index (κ1) is 26.7. The second kappa shape index (κ2) is 11.5. The molecule has 0 fully saturated rings. The van der Waals surface area contributed by atoms with Crippen LogP contribution in [0.2, 0.25) is 0 Å². The van der Waals surface area contributed by atoms with E-state index in [9.17, 15) is 14.4 Å². The highest BCUT2D eigenvalue weighted by Gasteiger charge is 2.35. The Labute approximate surface area is 234 Å². The summed E-state index contributed by atoms with van der Waals surface area (Å²) < 4.78 is 14.9. The van der Waals surface area contributed by atoms with Crippen molar-refractivity contribution in [3.63, 3.8) is 0 Å². The van der Waals surface area contributed by atoms with Gasteiger partial charge in [-0.3, -0.25) is 14.4 Å². The van der Waals surface area contributed by atoms with Gasteiger partial charge >= 0.3 is 0 Å². The van der Waals surface area contributed by atoms with Crippen molar-refractivity contribution in [2.75, 3.05) is 12.5 Å². The van der Waals surface area contributed by atoms with E-state index in [-0.39, 0.29) is 42.0 Å². The summed E-state index contributed by atoms with van der Waals surface area (Å²) in [5.41, 5.74) is 14.4. The van der Waals surface area contributed by atoms with Crippen molar-refractivity contribution in [2.24, 2.45) is 5.73 Å². The molecule has 5 rings (SSSR count). The Hall–Kier alpha value is -4.90. The molecule has 4 aromatic rings. The molecule has 0 radical (unpaired) electrons. The lowest BCUT2D eigenvalue weighted by Gasteiger charge is -2.31. The summed E-state index contributed by atoms with van der Waals surface area (Å²) in [5, 5.41) is 2.97. The first-order chi connectivity index (χ1) is 19.3. The first-order valence-corrected chi connectivity index (χ1v) is 13.2. The van der Waals surface area contributed by atoms with Crippen molar-refractivity contribution in [1.82, 2.24) is 14.6 Å². The van der Waals surface area contributed by atoms with Gasteiger partial charge in [-0.25, -0.2) is 0 Å². The number of hydrogen-bond acceptors (Lipinski definition) is 8. The Kier molecular flexibility index (Phi) is 7.65. The van der Waals surface area contributed by atoms with Crippen molar-refractivity contribution in [2.45, 2.75) is 26.1 Å². The minimum absolute atomic E-state index is 0.0162. The van der Waals surface area contributed by atoms with Crippen LogP contribution >= 0.6 is 11.5 Å². The summed E-state index contributed by atoms with van der Waals surface area (Å²) in [7, 11) is 0. The lowest BCUT2D eigenvalue weighted by atomic mass is 10.0. The predicted molar refractivity (Wildman–Crippen MR) is 150 cm³/mol. The smallest absolute Gasteiger partial charge is 0.270 e. The number of carbonyl (C=O) groups excluding carboxylic acids is 3. The van der Waals surface area contributed by atoms with Crippen LogP contribution in [0, 0.1) is 6.92 Å². The molecule has 1 aliphatic rings. The third kappa shape index (κ3) is 5.59. The van der Waals surface area contributed by atoms with Crippen LogP contribution < -0.4 is 26.3 Å². The SMILES string of the molecule is Cc1ccc([C@@H](C(=O)NCc2ccccc2)N(Cc2ccc3c(c2)OCO3)C(=O)c2snc(C(N)=O)c2N)cc1. The Morgan fingerprint density at radius 1 is 1.00 bits per heavy atom. The number of nitrogens with zero attached hydrogens (tertiary/aromatic N) is 2. The fourth-order valence-electron chi connectivity index (χ4n) is 4.38. The Morgan fingerprint density at radius 2 is 1.73 bits per heavy atom. The number of amides is 3. The maximum Gasteiger partial charge on any atom is 0.270 e. The average molecular weight is 558 g/mol. The van der Waals surface area contributed by atoms with Crippen LogP contribution in [0.4, 0.5) is 5.69 Å². The van der Waals surface area contributed by atoms with Crippen LogP contribution in [0.1, 0.15) is 48.5 Å². The zero-order valence-electron chi connectivity index (χ0n) is 21.6. The van der Waals surface area contributed by atoms with Gasteiger partial charge in [-0.15, -0.1) is 0 Å². The molecule has 3 amide bonds. The monoisotopic (exact) mass is 557 g/mol. The van der Waals surface area contributed by atoms with Crippen LogP contribution in [0.15, 0.2) is 72.8 Å². The van der Waals surface area contributed by atoms with Gasteiger partial charge < -0.3 is 31.2 Å². The van der Waals surface area contributed by atoms with E-state index in [1.165, 1.54) is 4.90 Å². The molecule has 0 bridgehead atoms. The van der Waals surface area contributed by atoms with E-state index in [0.29, 0.717) is 22.6 Å². The highest BCUT2D eigenvalue weighted by molar-refractivity contribution is 7.09. The Balaban J connectivity index is 1.56. The normalized spacial score (nSPS) is 12.5. The quantitative estimate of drug-likeness (QED) is 0.285. The number of benzene rings is 3. The molecule has 0 saturated carbocycles. The molecule has 5 N–H and O–H groups in total. The molecule has 11 heteroatoms. The molecule has 1 atom stereocenters. The lowest BCUT2D eigenvalue weighted by molar-refractivity contribution is -0.126. The highest BCUT2D eigenvalue weighted by atomic mass is 32.1. The van der Waals surface area contributed by atoms with Gasteiger partial charge in [0.05, 0.1) is 5.69 Å². The molecule has 1 aliphatic heterocycles. The van der Waals surface area contributed by atoms with Gasteiger partial charge in [0.25, 0.3) is 11.8 Å². The molecular formula is C29H27N5O5S. The topological polar surface area (TPSA) is 150 Å². The van der Waals surface area contributed by atoms with Crippen molar-refractivity contribution in [3.8, 4) is 11.5 Å². The van der Waals surface area contributed by atoms with E-state index < -0.39 is 17.9 Å². The fraction of sp³-hybridized carbons (Fsp3) is 0.172. The third-order valence-corrected chi connectivity index (χ3v) is 7.32. The second-order valence-corrected chi connectivity index (χ2v) is 10.0. The Bertz CT molecular complexity index is 1560. The zero-order chi connectivity index (χ0) is 28.2. The molecule has 40 heavy (non-hydrogen) atoms. The number of nitrogens with one attached hydrogen (secondary N) is 1. The van der Waals surface area contributed by atoms with Gasteiger partial charge in [0, 0.05) is 13.1 Å². The summed E-state index contributed by atoms with van der Waals surface area (Å²) in [5.74, 6) is -0.667. The molecule has 0 aliphatic carbocycles. The molecule has 3 aromatic carbocycles. The minimum atomic E-state index is -1.04. The number of fused-ring (bicyclic) bond motifs is 1. The van der Waals surface area contributed by atoms with Gasteiger partial charge in [0.15, 0.2) is 17.2 Å². The van der Waals surface area contributed by atoms with E-state index in [4.69, 9.17) is 20.9 Å². The van der Waals surface area contributed by atoms with Crippen molar-refractivity contribution >= 4 is 34.9 Å². The summed E-state index contributed by atoms with van der Waals surface area (Å²) in [6.07, 6.45) is 0. The molecule has 10 nitrogen and oxygen atoms in total. The summed E-state index contributed by atoms with van der Waals surface area (Å²) in [6, 6.07) is 21.1. The predicted octanol–water partition coefficient (Wildman–Crippen LogP) is 3.56. The number of ether oxygens (including phenoxy) is 2. The number of hydrogen-bond donors (Lipinski definition) is 3. The molecule has 0 spiro atoms. The van der Waals surface area contributed by atoms with Crippen LogP contribution in [0.3, 0.4) is 0 Å². The van der Waals surface area contributed by atoms with Crippen LogP contribution in [-0.2, 0) is 17.9 Å². The molecule has 0 unspecified atom stereocenters. The lowest BCUT2D eigenvalue weighted by Crippen LogP contribution is -2.43. The van der Waals surface area contributed by atoms with Crippen LogP contribution in [0.25, 0.3) is 0 Å².